The Hall–Kier alpha value is -1.22. The van der Waals surface area contributed by atoms with Crippen LogP contribution in [0, 0.1) is 0 Å². The van der Waals surface area contributed by atoms with Crippen molar-refractivity contribution in [1.82, 2.24) is 0 Å². The van der Waals surface area contributed by atoms with Crippen molar-refractivity contribution in [1.29, 1.82) is 0 Å². The quantitative estimate of drug-likeness (QED) is 0.782. The maximum Gasteiger partial charge on any atom is 0.129 e. The molecule has 0 saturated heterocycles. The van der Waals surface area contributed by atoms with E-state index >= 15 is 0 Å². The molecule has 0 aliphatic heterocycles. The second kappa shape index (κ2) is 6.50. The van der Waals surface area contributed by atoms with Crippen LogP contribution in [-0.2, 0) is 4.79 Å². The number of nitrogens with zero attached hydrogens (tertiary/aromatic N) is 1. The smallest absolute Gasteiger partial charge is 0.129 e. The first-order valence-corrected chi connectivity index (χ1v) is 5.96. The Bertz CT molecular complexity index is 393. The van der Waals surface area contributed by atoms with E-state index < -0.39 is 0 Å². The van der Waals surface area contributed by atoms with Crippen molar-refractivity contribution < 1.29 is 9.53 Å². The van der Waals surface area contributed by atoms with Crippen LogP contribution in [0.5, 0.6) is 5.75 Å². The molecule has 0 amide bonds. The molecule has 0 aliphatic rings. The fraction of sp³-hybridized carbons (Fsp3) is 0.462. The molecule has 0 spiro atoms. The Morgan fingerprint density at radius 3 is 2.71 bits per heavy atom. The van der Waals surface area contributed by atoms with Gasteiger partial charge in [-0.05, 0) is 25.5 Å². The number of ether oxygens (including phenoxy) is 1. The third-order valence-corrected chi connectivity index (χ3v) is 2.89. The molecule has 0 aliphatic carbocycles. The summed E-state index contributed by atoms with van der Waals surface area (Å²) in [5.41, 5.74) is 0.955. The van der Waals surface area contributed by atoms with Crippen molar-refractivity contribution in [3.63, 3.8) is 0 Å². The molecule has 1 rings (SSSR count). The van der Waals surface area contributed by atoms with Crippen LogP contribution in [0.2, 0.25) is 5.02 Å². The van der Waals surface area contributed by atoms with Crippen LogP contribution >= 0.6 is 11.6 Å². The zero-order valence-electron chi connectivity index (χ0n) is 10.5. The number of rotatable bonds is 6. The molecule has 0 bridgehead atoms. The molecule has 0 N–H and O–H groups in total. The maximum absolute atomic E-state index is 10.9. The minimum Gasteiger partial charge on any atom is -0.497 e. The number of hydrogen-bond acceptors (Lipinski definition) is 3. The van der Waals surface area contributed by atoms with E-state index in [2.05, 4.69) is 0 Å². The fourth-order valence-electron chi connectivity index (χ4n) is 1.61. The summed E-state index contributed by atoms with van der Waals surface area (Å²) in [5, 5.41) is 0.662. The SMILES string of the molecule is COc1ccc(N(C)CCCC(C)=O)c(Cl)c1. The zero-order chi connectivity index (χ0) is 12.8. The highest BCUT2D eigenvalue weighted by Gasteiger charge is 2.07. The van der Waals surface area contributed by atoms with Crippen LogP contribution in [0.1, 0.15) is 19.8 Å². The number of benzene rings is 1. The third kappa shape index (κ3) is 4.27. The third-order valence-electron chi connectivity index (χ3n) is 2.59. The first-order chi connectivity index (χ1) is 8.04. The Morgan fingerprint density at radius 2 is 2.18 bits per heavy atom. The van der Waals surface area contributed by atoms with Crippen molar-refractivity contribution in [2.75, 3.05) is 25.6 Å². The van der Waals surface area contributed by atoms with Gasteiger partial charge in [0.05, 0.1) is 17.8 Å². The first-order valence-electron chi connectivity index (χ1n) is 5.58. The number of anilines is 1. The van der Waals surface area contributed by atoms with Crippen LogP contribution in [0.15, 0.2) is 18.2 Å². The lowest BCUT2D eigenvalue weighted by Gasteiger charge is -2.20. The van der Waals surface area contributed by atoms with Crippen LogP contribution in [0.4, 0.5) is 5.69 Å². The maximum atomic E-state index is 10.9. The average molecular weight is 256 g/mol. The lowest BCUT2D eigenvalue weighted by Crippen LogP contribution is -2.19. The molecule has 1 aromatic rings. The highest BCUT2D eigenvalue weighted by Crippen LogP contribution is 2.29. The van der Waals surface area contributed by atoms with Crippen molar-refractivity contribution in [3.05, 3.63) is 23.2 Å². The fourth-order valence-corrected chi connectivity index (χ4v) is 1.92. The largest absolute Gasteiger partial charge is 0.497 e. The standard InChI is InChI=1S/C13H18ClNO2/c1-10(16)5-4-8-15(2)13-7-6-11(17-3)9-12(13)14/h6-7,9H,4-5,8H2,1-3H3. The van der Waals surface area contributed by atoms with Gasteiger partial charge in [0.2, 0.25) is 0 Å². The molecule has 0 radical (unpaired) electrons. The molecule has 1 aromatic carbocycles. The molecular weight excluding hydrogens is 238 g/mol. The second-order valence-corrected chi connectivity index (χ2v) is 4.45. The Kier molecular flexibility index (Phi) is 5.29. The second-order valence-electron chi connectivity index (χ2n) is 4.04. The van der Waals surface area contributed by atoms with Gasteiger partial charge in [-0.15, -0.1) is 0 Å². The van der Waals surface area contributed by atoms with E-state index in [0.29, 0.717) is 11.4 Å². The van der Waals surface area contributed by atoms with Crippen molar-refractivity contribution in [2.24, 2.45) is 0 Å². The number of halogens is 1. The summed E-state index contributed by atoms with van der Waals surface area (Å²) in [6.07, 6.45) is 1.45. The summed E-state index contributed by atoms with van der Waals surface area (Å²) >= 11 is 6.16. The minimum atomic E-state index is 0.222. The van der Waals surface area contributed by atoms with E-state index in [0.717, 1.165) is 24.4 Å². The molecule has 3 nitrogen and oxygen atoms in total. The monoisotopic (exact) mass is 255 g/mol. The zero-order valence-corrected chi connectivity index (χ0v) is 11.3. The van der Waals surface area contributed by atoms with Crippen LogP contribution in [-0.4, -0.2) is 26.5 Å². The van der Waals surface area contributed by atoms with Gasteiger partial charge in [0.15, 0.2) is 0 Å². The van der Waals surface area contributed by atoms with Crippen LogP contribution < -0.4 is 9.64 Å². The van der Waals surface area contributed by atoms with Gasteiger partial charge in [0, 0.05) is 26.1 Å². The number of carbonyl (C=O) groups is 1. The summed E-state index contributed by atoms with van der Waals surface area (Å²) in [7, 11) is 3.58. The van der Waals surface area contributed by atoms with Crippen molar-refractivity contribution in [3.8, 4) is 5.75 Å². The number of ketones is 1. The number of hydrogen-bond donors (Lipinski definition) is 0. The molecule has 17 heavy (non-hydrogen) atoms. The Balaban J connectivity index is 2.62. The molecule has 94 valence electrons. The summed E-state index contributed by atoms with van der Waals surface area (Å²) in [6, 6.07) is 5.59. The van der Waals surface area contributed by atoms with Gasteiger partial charge < -0.3 is 14.4 Å². The van der Waals surface area contributed by atoms with E-state index in [1.165, 1.54) is 0 Å². The van der Waals surface area contributed by atoms with Gasteiger partial charge in [-0.25, -0.2) is 0 Å². The normalized spacial score (nSPS) is 10.1. The van der Waals surface area contributed by atoms with E-state index in [9.17, 15) is 4.79 Å². The van der Waals surface area contributed by atoms with Gasteiger partial charge in [0.25, 0.3) is 0 Å². The van der Waals surface area contributed by atoms with E-state index in [-0.39, 0.29) is 5.78 Å². The molecular formula is C13H18ClNO2. The topological polar surface area (TPSA) is 29.5 Å². The highest BCUT2D eigenvalue weighted by atomic mass is 35.5. The lowest BCUT2D eigenvalue weighted by molar-refractivity contribution is -0.117. The number of methoxy groups -OCH3 is 1. The Labute approximate surface area is 107 Å². The summed E-state index contributed by atoms with van der Waals surface area (Å²) in [4.78, 5) is 12.9. The van der Waals surface area contributed by atoms with Gasteiger partial charge in [0.1, 0.15) is 11.5 Å². The van der Waals surface area contributed by atoms with Gasteiger partial charge in [-0.3, -0.25) is 0 Å². The molecule has 0 saturated carbocycles. The summed E-state index contributed by atoms with van der Waals surface area (Å²) < 4.78 is 5.09. The van der Waals surface area contributed by atoms with Crippen LogP contribution in [0.25, 0.3) is 0 Å². The molecule has 0 fully saturated rings. The number of carbonyl (C=O) groups excluding carboxylic acids is 1. The minimum absolute atomic E-state index is 0.222. The predicted molar refractivity (Wildman–Crippen MR) is 71.2 cm³/mol. The lowest BCUT2D eigenvalue weighted by atomic mass is 10.2. The summed E-state index contributed by atoms with van der Waals surface area (Å²) in [5.74, 6) is 0.968. The highest BCUT2D eigenvalue weighted by molar-refractivity contribution is 6.33. The van der Waals surface area contributed by atoms with Gasteiger partial charge >= 0.3 is 0 Å². The Morgan fingerprint density at radius 1 is 1.47 bits per heavy atom. The van der Waals surface area contributed by atoms with Crippen molar-refractivity contribution >= 4 is 23.1 Å². The van der Waals surface area contributed by atoms with Crippen LogP contribution in [0.3, 0.4) is 0 Å². The van der Waals surface area contributed by atoms with Gasteiger partial charge in [-0.2, -0.15) is 0 Å². The van der Waals surface area contributed by atoms with Gasteiger partial charge in [-0.1, -0.05) is 11.6 Å². The molecule has 0 aromatic heterocycles. The average Bonchev–Trinajstić information content (AvgIpc) is 2.28. The molecule has 0 heterocycles. The molecule has 4 heteroatoms. The summed E-state index contributed by atoms with van der Waals surface area (Å²) in [6.45, 7) is 2.42. The van der Waals surface area contributed by atoms with Crippen molar-refractivity contribution in [2.45, 2.75) is 19.8 Å². The number of Topliss-reactive ketones (excluding diaryl/α,β-unsaturated/α-hetero) is 1. The molecule has 0 atom stereocenters. The first kappa shape index (κ1) is 13.8. The predicted octanol–water partition coefficient (Wildman–Crippen LogP) is 3.15. The van der Waals surface area contributed by atoms with E-state index in [1.54, 1.807) is 20.1 Å². The van der Waals surface area contributed by atoms with E-state index in [4.69, 9.17) is 16.3 Å². The molecule has 0 unspecified atom stereocenters. The van der Waals surface area contributed by atoms with E-state index in [1.807, 2.05) is 24.1 Å².